The van der Waals surface area contributed by atoms with E-state index < -0.39 is 5.63 Å². The van der Waals surface area contributed by atoms with E-state index in [1.54, 1.807) is 18.2 Å². The van der Waals surface area contributed by atoms with Gasteiger partial charge < -0.3 is 9.52 Å². The van der Waals surface area contributed by atoms with Crippen LogP contribution in [0.4, 0.5) is 0 Å². The van der Waals surface area contributed by atoms with Gasteiger partial charge in [0.2, 0.25) is 0 Å². The zero-order chi connectivity index (χ0) is 20.0. The molecule has 144 valence electrons. The second-order valence-electron chi connectivity index (χ2n) is 7.59. The molecule has 0 amide bonds. The van der Waals surface area contributed by atoms with Crippen molar-refractivity contribution in [3.05, 3.63) is 110 Å². The summed E-state index contributed by atoms with van der Waals surface area (Å²) in [7, 11) is 0. The normalized spacial score (nSPS) is 18.5. The van der Waals surface area contributed by atoms with Crippen LogP contribution in [0.5, 0.6) is 5.75 Å². The summed E-state index contributed by atoms with van der Waals surface area (Å²) in [6.45, 7) is 0. The van der Waals surface area contributed by atoms with E-state index >= 15 is 0 Å². The molecule has 5 rings (SSSR count). The summed E-state index contributed by atoms with van der Waals surface area (Å²) >= 11 is 6.07. The zero-order valence-electron chi connectivity index (χ0n) is 15.6. The number of hydrogen-bond donors (Lipinski definition) is 1. The number of benzene rings is 3. The van der Waals surface area contributed by atoms with Gasteiger partial charge in [-0.1, -0.05) is 60.1 Å². The Balaban J connectivity index is 1.68. The molecule has 2 atom stereocenters. The lowest BCUT2D eigenvalue weighted by Gasteiger charge is -2.32. The minimum absolute atomic E-state index is 0.0217. The molecule has 3 aromatic carbocycles. The number of halogens is 1. The standard InChI is InChI=1S/C25H19ClO3/c26-18-11-9-15(10-12-18)17-13-16-5-1-2-6-19(16)21(14-17)23-24(27)20-7-3-4-8-22(20)29-25(23)28/h1-12,17,21,27H,13-14H2. The van der Waals surface area contributed by atoms with Crippen LogP contribution >= 0.6 is 11.6 Å². The van der Waals surface area contributed by atoms with Crippen LogP contribution in [0.1, 0.15) is 40.5 Å². The first-order valence-corrected chi connectivity index (χ1v) is 10.1. The third-order valence-electron chi connectivity index (χ3n) is 5.93. The van der Waals surface area contributed by atoms with Crippen molar-refractivity contribution in [2.45, 2.75) is 24.7 Å². The molecule has 1 heterocycles. The van der Waals surface area contributed by atoms with Gasteiger partial charge in [0.05, 0.1) is 10.9 Å². The van der Waals surface area contributed by atoms with Crippen molar-refractivity contribution in [2.75, 3.05) is 0 Å². The van der Waals surface area contributed by atoms with Gasteiger partial charge in [-0.15, -0.1) is 0 Å². The van der Waals surface area contributed by atoms with Crippen LogP contribution in [0.15, 0.2) is 82.0 Å². The summed E-state index contributed by atoms with van der Waals surface area (Å²) in [6.07, 6.45) is 1.60. The summed E-state index contributed by atoms with van der Waals surface area (Å²) in [5.74, 6) is 0.00679. The molecule has 0 aliphatic heterocycles. The van der Waals surface area contributed by atoms with E-state index in [1.807, 2.05) is 48.5 Å². The predicted molar refractivity (Wildman–Crippen MR) is 115 cm³/mol. The Morgan fingerprint density at radius 1 is 0.931 bits per heavy atom. The van der Waals surface area contributed by atoms with E-state index in [2.05, 4.69) is 6.07 Å². The van der Waals surface area contributed by atoms with Crippen molar-refractivity contribution in [1.29, 1.82) is 0 Å². The highest BCUT2D eigenvalue weighted by Crippen LogP contribution is 2.45. The van der Waals surface area contributed by atoms with E-state index in [-0.39, 0.29) is 17.6 Å². The van der Waals surface area contributed by atoms with Gasteiger partial charge in [0.25, 0.3) is 0 Å². The molecule has 4 heteroatoms. The third-order valence-corrected chi connectivity index (χ3v) is 6.18. The summed E-state index contributed by atoms with van der Waals surface area (Å²) in [4.78, 5) is 12.9. The fourth-order valence-electron chi connectivity index (χ4n) is 4.54. The molecular formula is C25H19ClO3. The first-order valence-electron chi connectivity index (χ1n) is 9.70. The summed E-state index contributed by atoms with van der Waals surface area (Å²) in [5, 5.41) is 12.3. The summed E-state index contributed by atoms with van der Waals surface area (Å²) < 4.78 is 5.57. The maximum absolute atomic E-state index is 12.9. The lowest BCUT2D eigenvalue weighted by atomic mass is 9.72. The van der Waals surface area contributed by atoms with Crippen molar-refractivity contribution in [2.24, 2.45) is 0 Å². The number of hydrogen-bond acceptors (Lipinski definition) is 3. The van der Waals surface area contributed by atoms with Gasteiger partial charge in [-0.3, -0.25) is 0 Å². The Bertz CT molecular complexity index is 1260. The highest BCUT2D eigenvalue weighted by molar-refractivity contribution is 6.30. The Kier molecular flexibility index (Phi) is 4.40. The molecule has 0 fully saturated rings. The fourth-order valence-corrected chi connectivity index (χ4v) is 4.66. The molecule has 0 bridgehead atoms. The number of fused-ring (bicyclic) bond motifs is 2. The number of aromatic hydroxyl groups is 1. The van der Waals surface area contributed by atoms with Crippen molar-refractivity contribution in [3.63, 3.8) is 0 Å². The van der Waals surface area contributed by atoms with Crippen LogP contribution < -0.4 is 5.63 Å². The van der Waals surface area contributed by atoms with Crippen molar-refractivity contribution in [1.82, 2.24) is 0 Å². The Labute approximate surface area is 173 Å². The minimum Gasteiger partial charge on any atom is -0.507 e. The van der Waals surface area contributed by atoms with Gasteiger partial charge >= 0.3 is 5.63 Å². The number of para-hydroxylation sites is 1. The van der Waals surface area contributed by atoms with Gasteiger partial charge in [0, 0.05) is 10.9 Å². The molecule has 3 nitrogen and oxygen atoms in total. The topological polar surface area (TPSA) is 50.4 Å². The van der Waals surface area contributed by atoms with E-state index in [1.165, 1.54) is 11.1 Å². The van der Waals surface area contributed by atoms with Crippen LogP contribution in [0.2, 0.25) is 5.02 Å². The molecule has 0 radical (unpaired) electrons. The van der Waals surface area contributed by atoms with Gasteiger partial charge in [-0.05, 0) is 59.7 Å². The quantitative estimate of drug-likeness (QED) is 0.417. The SMILES string of the molecule is O=c1oc2ccccc2c(O)c1C1CC(c2ccc(Cl)cc2)Cc2ccccc21. The van der Waals surface area contributed by atoms with E-state index in [4.69, 9.17) is 16.0 Å². The highest BCUT2D eigenvalue weighted by atomic mass is 35.5. The monoisotopic (exact) mass is 402 g/mol. The van der Waals surface area contributed by atoms with Crippen LogP contribution in [-0.2, 0) is 6.42 Å². The first kappa shape index (κ1) is 18.0. The predicted octanol–water partition coefficient (Wildman–Crippen LogP) is 6.01. The lowest BCUT2D eigenvalue weighted by Crippen LogP contribution is -2.23. The summed E-state index contributed by atoms with van der Waals surface area (Å²) in [6, 6.07) is 23.1. The number of rotatable bonds is 2. The van der Waals surface area contributed by atoms with Gasteiger partial charge in [-0.25, -0.2) is 4.79 Å². The maximum atomic E-state index is 12.9. The second kappa shape index (κ2) is 7.09. The van der Waals surface area contributed by atoms with Gasteiger partial charge in [0.1, 0.15) is 11.3 Å². The Morgan fingerprint density at radius 2 is 1.66 bits per heavy atom. The van der Waals surface area contributed by atoms with E-state index in [0.717, 1.165) is 18.4 Å². The van der Waals surface area contributed by atoms with Crippen molar-refractivity contribution >= 4 is 22.6 Å². The van der Waals surface area contributed by atoms with Crippen LogP contribution in [0.3, 0.4) is 0 Å². The molecule has 1 aliphatic carbocycles. The highest BCUT2D eigenvalue weighted by Gasteiger charge is 2.33. The Morgan fingerprint density at radius 3 is 2.48 bits per heavy atom. The first-order chi connectivity index (χ1) is 14.1. The van der Waals surface area contributed by atoms with Gasteiger partial charge in [-0.2, -0.15) is 0 Å². The average molecular weight is 403 g/mol. The lowest BCUT2D eigenvalue weighted by molar-refractivity contribution is 0.437. The van der Waals surface area contributed by atoms with Crippen LogP contribution in [-0.4, -0.2) is 5.11 Å². The maximum Gasteiger partial charge on any atom is 0.343 e. The minimum atomic E-state index is -0.474. The summed E-state index contributed by atoms with van der Waals surface area (Å²) in [5.41, 5.74) is 3.72. The molecule has 1 aliphatic rings. The molecule has 1 aromatic heterocycles. The largest absolute Gasteiger partial charge is 0.507 e. The molecule has 0 spiro atoms. The molecule has 1 N–H and O–H groups in total. The van der Waals surface area contributed by atoms with Crippen molar-refractivity contribution < 1.29 is 9.52 Å². The second-order valence-corrected chi connectivity index (χ2v) is 8.02. The smallest absolute Gasteiger partial charge is 0.343 e. The average Bonchev–Trinajstić information content (AvgIpc) is 2.74. The third kappa shape index (κ3) is 3.12. The molecular weight excluding hydrogens is 384 g/mol. The fraction of sp³-hybridized carbons (Fsp3) is 0.160. The van der Waals surface area contributed by atoms with E-state index in [9.17, 15) is 9.90 Å². The molecule has 2 unspecified atom stereocenters. The molecule has 4 aromatic rings. The van der Waals surface area contributed by atoms with Crippen LogP contribution in [0, 0.1) is 0 Å². The van der Waals surface area contributed by atoms with Crippen molar-refractivity contribution in [3.8, 4) is 5.75 Å². The Hall–Kier alpha value is -3.04. The van der Waals surface area contributed by atoms with Crippen LogP contribution in [0.25, 0.3) is 11.0 Å². The molecule has 0 saturated carbocycles. The zero-order valence-corrected chi connectivity index (χ0v) is 16.4. The molecule has 29 heavy (non-hydrogen) atoms. The molecule has 0 saturated heterocycles. The van der Waals surface area contributed by atoms with E-state index in [0.29, 0.717) is 21.6 Å². The van der Waals surface area contributed by atoms with Gasteiger partial charge in [0.15, 0.2) is 0 Å².